The van der Waals surface area contributed by atoms with E-state index in [0.717, 1.165) is 5.56 Å². The summed E-state index contributed by atoms with van der Waals surface area (Å²) in [5, 5.41) is 21.5. The van der Waals surface area contributed by atoms with Crippen LogP contribution in [0.15, 0.2) is 24.3 Å². The molecule has 2 N–H and O–H groups in total. The third-order valence-electron chi connectivity index (χ3n) is 3.90. The lowest BCUT2D eigenvalue weighted by atomic mass is 10.1. The number of rotatable bonds is 6. The van der Waals surface area contributed by atoms with Crippen molar-refractivity contribution in [3.8, 4) is 6.07 Å². The van der Waals surface area contributed by atoms with Crippen LogP contribution in [0.25, 0.3) is 0 Å². The van der Waals surface area contributed by atoms with Crippen LogP contribution in [0.2, 0.25) is 0 Å². The van der Waals surface area contributed by atoms with Crippen molar-refractivity contribution in [2.75, 3.05) is 33.4 Å². The van der Waals surface area contributed by atoms with Gasteiger partial charge in [-0.05, 0) is 11.6 Å². The number of hydrogen-bond donors (Lipinski definition) is 2. The van der Waals surface area contributed by atoms with Crippen molar-refractivity contribution >= 4 is 5.91 Å². The van der Waals surface area contributed by atoms with Crippen molar-refractivity contribution in [2.24, 2.45) is 5.92 Å². The van der Waals surface area contributed by atoms with E-state index in [0.29, 0.717) is 25.2 Å². The van der Waals surface area contributed by atoms with Gasteiger partial charge in [-0.25, -0.2) is 0 Å². The van der Waals surface area contributed by atoms with Crippen LogP contribution in [-0.2, 0) is 16.1 Å². The van der Waals surface area contributed by atoms with Crippen LogP contribution < -0.4 is 5.32 Å². The van der Waals surface area contributed by atoms with Crippen LogP contribution in [-0.4, -0.2) is 55.4 Å². The van der Waals surface area contributed by atoms with Gasteiger partial charge in [-0.2, -0.15) is 5.26 Å². The second-order valence-electron chi connectivity index (χ2n) is 5.51. The van der Waals surface area contributed by atoms with Gasteiger partial charge in [-0.3, -0.25) is 9.69 Å². The van der Waals surface area contributed by atoms with E-state index in [9.17, 15) is 9.90 Å². The Morgan fingerprint density at radius 1 is 1.50 bits per heavy atom. The summed E-state index contributed by atoms with van der Waals surface area (Å²) in [6.07, 6.45) is 0. The minimum Gasteiger partial charge on any atom is -0.396 e. The van der Waals surface area contributed by atoms with Crippen LogP contribution in [0.1, 0.15) is 11.1 Å². The van der Waals surface area contributed by atoms with E-state index in [1.165, 1.54) is 7.11 Å². The van der Waals surface area contributed by atoms with Gasteiger partial charge >= 0.3 is 0 Å². The number of ether oxygens (including phenoxy) is 1. The molecule has 0 aromatic heterocycles. The van der Waals surface area contributed by atoms with E-state index < -0.39 is 0 Å². The molecule has 1 aromatic rings. The fourth-order valence-corrected chi connectivity index (χ4v) is 2.83. The molecular weight excluding hydrogens is 282 g/mol. The molecule has 2 rings (SSSR count). The summed E-state index contributed by atoms with van der Waals surface area (Å²) in [5.74, 6) is -0.180. The van der Waals surface area contributed by atoms with Crippen molar-refractivity contribution in [3.05, 3.63) is 35.4 Å². The third kappa shape index (κ3) is 4.04. The lowest BCUT2D eigenvalue weighted by Crippen LogP contribution is -2.43. The van der Waals surface area contributed by atoms with Gasteiger partial charge < -0.3 is 15.2 Å². The van der Waals surface area contributed by atoms with E-state index in [2.05, 4.69) is 16.3 Å². The van der Waals surface area contributed by atoms with Crippen molar-refractivity contribution in [3.63, 3.8) is 0 Å². The highest BCUT2D eigenvalue weighted by Crippen LogP contribution is 2.20. The number of benzene rings is 1. The van der Waals surface area contributed by atoms with Gasteiger partial charge in [0.2, 0.25) is 5.91 Å². The van der Waals surface area contributed by atoms with Crippen LogP contribution >= 0.6 is 0 Å². The summed E-state index contributed by atoms with van der Waals surface area (Å²) < 4.78 is 4.81. The smallest absolute Gasteiger partial charge is 0.246 e. The first kappa shape index (κ1) is 16.4. The molecule has 1 fully saturated rings. The zero-order chi connectivity index (χ0) is 15.9. The molecule has 118 valence electrons. The number of likely N-dealkylation sites (tertiary alicyclic amines) is 1. The summed E-state index contributed by atoms with van der Waals surface area (Å²) in [6, 6.07) is 9.58. The molecule has 1 heterocycles. The standard InChI is InChI=1S/C16H21N3O3/c1-22-11-16(21)18-15-9-19(8-14(15)10-20)7-13-5-3-2-4-12(13)6-17/h2-5,14-15,20H,7-11H2,1H3,(H,18,21)/t14-,15+/m0/s1. The lowest BCUT2D eigenvalue weighted by Gasteiger charge is -2.18. The van der Waals surface area contributed by atoms with Gasteiger partial charge in [-0.15, -0.1) is 0 Å². The third-order valence-corrected chi connectivity index (χ3v) is 3.90. The molecule has 2 atom stereocenters. The molecular formula is C16H21N3O3. The molecule has 22 heavy (non-hydrogen) atoms. The number of hydrogen-bond acceptors (Lipinski definition) is 5. The number of methoxy groups -OCH3 is 1. The van der Waals surface area contributed by atoms with Crippen LogP contribution in [0.5, 0.6) is 0 Å². The van der Waals surface area contributed by atoms with E-state index in [4.69, 9.17) is 10.00 Å². The molecule has 6 nitrogen and oxygen atoms in total. The molecule has 0 aliphatic carbocycles. The lowest BCUT2D eigenvalue weighted by molar-refractivity contribution is -0.125. The Morgan fingerprint density at radius 3 is 2.95 bits per heavy atom. The molecule has 0 spiro atoms. The number of nitrogens with zero attached hydrogens (tertiary/aromatic N) is 2. The van der Waals surface area contributed by atoms with Gasteiger partial charge in [-0.1, -0.05) is 18.2 Å². The summed E-state index contributed by atoms with van der Waals surface area (Å²) in [4.78, 5) is 13.8. The number of amides is 1. The van der Waals surface area contributed by atoms with Crippen molar-refractivity contribution in [2.45, 2.75) is 12.6 Å². The Morgan fingerprint density at radius 2 is 2.27 bits per heavy atom. The highest BCUT2D eigenvalue weighted by Gasteiger charge is 2.33. The van der Waals surface area contributed by atoms with Gasteiger partial charge in [0.15, 0.2) is 0 Å². The first-order chi connectivity index (χ1) is 10.7. The summed E-state index contributed by atoms with van der Waals surface area (Å²) in [5.41, 5.74) is 1.63. The first-order valence-electron chi connectivity index (χ1n) is 7.27. The molecule has 1 aliphatic rings. The number of aliphatic hydroxyl groups excluding tert-OH is 1. The SMILES string of the molecule is COCC(=O)N[C@@H]1CN(Cc2ccccc2C#N)C[C@H]1CO. The maximum absolute atomic E-state index is 11.6. The largest absolute Gasteiger partial charge is 0.396 e. The maximum Gasteiger partial charge on any atom is 0.246 e. The molecule has 0 bridgehead atoms. The number of nitriles is 1. The molecule has 0 unspecified atom stereocenters. The minimum atomic E-state index is -0.176. The Hall–Kier alpha value is -1.94. The average Bonchev–Trinajstić information content (AvgIpc) is 2.89. The second-order valence-corrected chi connectivity index (χ2v) is 5.51. The fraction of sp³-hybridized carbons (Fsp3) is 0.500. The Balaban J connectivity index is 1.99. The van der Waals surface area contributed by atoms with Gasteiger partial charge in [0.05, 0.1) is 11.6 Å². The number of carbonyl (C=O) groups excluding carboxylic acids is 1. The summed E-state index contributed by atoms with van der Waals surface area (Å²) in [7, 11) is 1.48. The van der Waals surface area contributed by atoms with Gasteiger partial charge in [0, 0.05) is 45.3 Å². The quantitative estimate of drug-likeness (QED) is 0.779. The fourth-order valence-electron chi connectivity index (χ4n) is 2.83. The number of nitrogens with one attached hydrogen (secondary N) is 1. The molecule has 1 amide bonds. The van der Waals surface area contributed by atoms with E-state index in [1.54, 1.807) is 6.07 Å². The average molecular weight is 303 g/mol. The molecule has 1 saturated heterocycles. The molecule has 0 saturated carbocycles. The van der Waals surface area contributed by atoms with E-state index in [1.807, 2.05) is 18.2 Å². The highest BCUT2D eigenvalue weighted by atomic mass is 16.5. The number of aliphatic hydroxyl groups is 1. The Kier molecular flexibility index (Phi) is 5.90. The first-order valence-corrected chi connectivity index (χ1v) is 7.27. The highest BCUT2D eigenvalue weighted by molar-refractivity contribution is 5.77. The van der Waals surface area contributed by atoms with Crippen molar-refractivity contribution in [1.29, 1.82) is 5.26 Å². The maximum atomic E-state index is 11.6. The monoisotopic (exact) mass is 303 g/mol. The molecule has 0 radical (unpaired) electrons. The van der Waals surface area contributed by atoms with Gasteiger partial charge in [0.25, 0.3) is 0 Å². The summed E-state index contributed by atoms with van der Waals surface area (Å²) in [6.45, 7) is 2.02. The number of carbonyl (C=O) groups is 1. The van der Waals surface area contributed by atoms with E-state index in [-0.39, 0.29) is 31.1 Å². The van der Waals surface area contributed by atoms with E-state index >= 15 is 0 Å². The zero-order valence-corrected chi connectivity index (χ0v) is 12.7. The zero-order valence-electron chi connectivity index (χ0n) is 12.7. The van der Waals surface area contributed by atoms with Crippen LogP contribution in [0, 0.1) is 17.2 Å². The molecule has 1 aliphatic heterocycles. The normalized spacial score (nSPS) is 21.5. The van der Waals surface area contributed by atoms with Crippen LogP contribution in [0.3, 0.4) is 0 Å². The molecule has 6 heteroatoms. The molecule has 1 aromatic carbocycles. The predicted molar refractivity (Wildman–Crippen MR) is 80.8 cm³/mol. The van der Waals surface area contributed by atoms with Gasteiger partial charge in [0.1, 0.15) is 6.61 Å². The topological polar surface area (TPSA) is 85.6 Å². The Bertz CT molecular complexity index is 556. The van der Waals surface area contributed by atoms with Crippen molar-refractivity contribution in [1.82, 2.24) is 10.2 Å². The minimum absolute atomic E-state index is 0.00458. The second kappa shape index (κ2) is 7.90. The summed E-state index contributed by atoms with van der Waals surface area (Å²) >= 11 is 0. The van der Waals surface area contributed by atoms with Crippen LogP contribution in [0.4, 0.5) is 0 Å². The van der Waals surface area contributed by atoms with Crippen molar-refractivity contribution < 1.29 is 14.6 Å². The Labute approximate surface area is 130 Å². The predicted octanol–water partition coefficient (Wildman–Crippen LogP) is 0.114.